The number of amides is 1. The van der Waals surface area contributed by atoms with E-state index in [0.717, 1.165) is 12.3 Å². The van der Waals surface area contributed by atoms with Crippen molar-refractivity contribution in [1.29, 1.82) is 0 Å². The second-order valence-electron chi connectivity index (χ2n) is 4.04. The first-order valence-electron chi connectivity index (χ1n) is 5.18. The highest BCUT2D eigenvalue weighted by Crippen LogP contribution is 2.12. The molecule has 1 rings (SSSR count). The van der Waals surface area contributed by atoms with Gasteiger partial charge in [0.05, 0.1) is 0 Å². The summed E-state index contributed by atoms with van der Waals surface area (Å²) in [5, 5.41) is -0.753. The Morgan fingerprint density at radius 1 is 1.50 bits per heavy atom. The van der Waals surface area contributed by atoms with Crippen molar-refractivity contribution < 1.29 is 17.6 Å². The molecule has 3 N–H and O–H groups in total. The van der Waals surface area contributed by atoms with Gasteiger partial charge in [-0.1, -0.05) is 13.8 Å². The zero-order valence-corrected chi connectivity index (χ0v) is 10.7. The first-order chi connectivity index (χ1) is 8.25. The lowest BCUT2D eigenvalue weighted by molar-refractivity contribution is -0.120. The second-order valence-corrected chi connectivity index (χ2v) is 5.66. The fraction of sp³-hybridized carbons (Fsp3) is 0.400. The summed E-state index contributed by atoms with van der Waals surface area (Å²) in [5.74, 6) is -2.18. The SMILES string of the molecule is CC(C)C(NS(=O)(=O)c1ncccc1F)C(N)=O. The first-order valence-corrected chi connectivity index (χ1v) is 6.66. The average Bonchev–Trinajstić information content (AvgIpc) is 2.25. The van der Waals surface area contributed by atoms with Crippen LogP contribution in [0.5, 0.6) is 0 Å². The normalized spacial score (nSPS) is 13.6. The number of pyridine rings is 1. The van der Waals surface area contributed by atoms with E-state index in [2.05, 4.69) is 4.98 Å². The van der Waals surface area contributed by atoms with Gasteiger partial charge in [-0.3, -0.25) is 4.79 Å². The number of aromatic nitrogens is 1. The van der Waals surface area contributed by atoms with Crippen molar-refractivity contribution in [3.8, 4) is 0 Å². The van der Waals surface area contributed by atoms with Gasteiger partial charge in [-0.05, 0) is 18.1 Å². The van der Waals surface area contributed by atoms with Gasteiger partial charge in [0.15, 0.2) is 5.82 Å². The molecule has 0 aromatic carbocycles. The number of carbonyl (C=O) groups excluding carboxylic acids is 1. The maximum absolute atomic E-state index is 13.3. The average molecular weight is 275 g/mol. The molecule has 0 radical (unpaired) electrons. The highest BCUT2D eigenvalue weighted by molar-refractivity contribution is 7.89. The molecule has 1 heterocycles. The number of carbonyl (C=O) groups is 1. The number of nitrogens with one attached hydrogen (secondary N) is 1. The molecule has 8 heteroatoms. The van der Waals surface area contributed by atoms with Crippen LogP contribution in [0.3, 0.4) is 0 Å². The number of hydrogen-bond acceptors (Lipinski definition) is 4. The second kappa shape index (κ2) is 5.40. The molecule has 0 saturated heterocycles. The number of hydrogen-bond donors (Lipinski definition) is 2. The van der Waals surface area contributed by atoms with E-state index in [9.17, 15) is 17.6 Å². The minimum atomic E-state index is -4.22. The molecule has 1 amide bonds. The van der Waals surface area contributed by atoms with E-state index in [4.69, 9.17) is 5.73 Å². The van der Waals surface area contributed by atoms with Crippen molar-refractivity contribution in [2.75, 3.05) is 0 Å². The largest absolute Gasteiger partial charge is 0.368 e. The maximum Gasteiger partial charge on any atom is 0.261 e. The Hall–Kier alpha value is -1.54. The van der Waals surface area contributed by atoms with Gasteiger partial charge in [0.1, 0.15) is 6.04 Å². The molecule has 0 spiro atoms. The monoisotopic (exact) mass is 275 g/mol. The van der Waals surface area contributed by atoms with Gasteiger partial charge in [0.2, 0.25) is 10.9 Å². The third-order valence-electron chi connectivity index (χ3n) is 2.23. The Labute approximate surface area is 104 Å². The maximum atomic E-state index is 13.3. The number of sulfonamides is 1. The topological polar surface area (TPSA) is 102 Å². The standard InChI is InChI=1S/C10H14FN3O3S/c1-6(2)8(9(12)15)14-18(16,17)10-7(11)4-3-5-13-10/h3-6,8,14H,1-2H3,(H2,12,15). The summed E-state index contributed by atoms with van der Waals surface area (Å²) in [6.45, 7) is 3.24. The van der Waals surface area contributed by atoms with Crippen LogP contribution in [0.4, 0.5) is 4.39 Å². The Balaban J connectivity index is 3.09. The Bertz CT molecular complexity index is 545. The van der Waals surface area contributed by atoms with Crippen LogP contribution in [0.2, 0.25) is 0 Å². The molecule has 0 aliphatic carbocycles. The van der Waals surface area contributed by atoms with E-state index in [-0.39, 0.29) is 5.92 Å². The van der Waals surface area contributed by atoms with Crippen LogP contribution in [0, 0.1) is 11.7 Å². The molecule has 1 aromatic heterocycles. The van der Waals surface area contributed by atoms with Gasteiger partial charge in [-0.15, -0.1) is 0 Å². The van der Waals surface area contributed by atoms with E-state index in [1.165, 1.54) is 6.07 Å². The number of halogens is 1. The molecule has 18 heavy (non-hydrogen) atoms. The van der Waals surface area contributed by atoms with Crippen LogP contribution < -0.4 is 10.5 Å². The minimum absolute atomic E-state index is 0.357. The number of nitrogens with zero attached hydrogens (tertiary/aromatic N) is 1. The Morgan fingerprint density at radius 3 is 2.56 bits per heavy atom. The van der Waals surface area contributed by atoms with E-state index in [0.29, 0.717) is 0 Å². The van der Waals surface area contributed by atoms with Gasteiger partial charge < -0.3 is 5.73 Å². The van der Waals surface area contributed by atoms with Crippen molar-refractivity contribution in [2.24, 2.45) is 11.7 Å². The van der Waals surface area contributed by atoms with E-state index < -0.39 is 32.8 Å². The first kappa shape index (κ1) is 14.5. The number of rotatable bonds is 5. The van der Waals surface area contributed by atoms with E-state index >= 15 is 0 Å². The van der Waals surface area contributed by atoms with Crippen molar-refractivity contribution in [1.82, 2.24) is 9.71 Å². The highest BCUT2D eigenvalue weighted by atomic mass is 32.2. The summed E-state index contributed by atoms with van der Waals surface area (Å²) in [6.07, 6.45) is 1.15. The van der Waals surface area contributed by atoms with Crippen molar-refractivity contribution in [2.45, 2.75) is 24.9 Å². The summed E-state index contributed by atoms with van der Waals surface area (Å²) < 4.78 is 39.1. The predicted molar refractivity (Wildman–Crippen MR) is 62.3 cm³/mol. The minimum Gasteiger partial charge on any atom is -0.368 e. The molecule has 1 unspecified atom stereocenters. The van der Waals surface area contributed by atoms with Crippen LogP contribution in [0.15, 0.2) is 23.4 Å². The summed E-state index contributed by atoms with van der Waals surface area (Å²) >= 11 is 0. The van der Waals surface area contributed by atoms with Crippen LogP contribution in [-0.4, -0.2) is 25.4 Å². The van der Waals surface area contributed by atoms with Gasteiger partial charge >= 0.3 is 0 Å². The quantitative estimate of drug-likeness (QED) is 0.790. The molecule has 0 aliphatic heterocycles. The predicted octanol–water partition coefficient (Wildman–Crippen LogP) is 0.00890. The van der Waals surface area contributed by atoms with Crippen molar-refractivity contribution >= 4 is 15.9 Å². The van der Waals surface area contributed by atoms with Crippen LogP contribution in [-0.2, 0) is 14.8 Å². The molecule has 0 aliphatic rings. The van der Waals surface area contributed by atoms with Crippen LogP contribution in [0.1, 0.15) is 13.8 Å². The summed E-state index contributed by atoms with van der Waals surface area (Å²) in [4.78, 5) is 14.6. The molecular formula is C10H14FN3O3S. The third kappa shape index (κ3) is 3.23. The van der Waals surface area contributed by atoms with E-state index in [1.807, 2.05) is 4.72 Å². The fourth-order valence-corrected chi connectivity index (χ4v) is 2.67. The van der Waals surface area contributed by atoms with Gasteiger partial charge in [-0.25, -0.2) is 17.8 Å². The highest BCUT2D eigenvalue weighted by Gasteiger charge is 2.29. The van der Waals surface area contributed by atoms with E-state index in [1.54, 1.807) is 13.8 Å². The number of primary amides is 1. The molecule has 100 valence electrons. The molecule has 0 saturated carbocycles. The molecular weight excluding hydrogens is 261 g/mol. The lowest BCUT2D eigenvalue weighted by Gasteiger charge is -2.18. The zero-order valence-electron chi connectivity index (χ0n) is 9.92. The van der Waals surface area contributed by atoms with Gasteiger partial charge in [-0.2, -0.15) is 4.72 Å². The van der Waals surface area contributed by atoms with Crippen LogP contribution >= 0.6 is 0 Å². The lowest BCUT2D eigenvalue weighted by atomic mass is 10.1. The fourth-order valence-electron chi connectivity index (χ4n) is 1.31. The molecule has 1 atom stereocenters. The summed E-state index contributed by atoms with van der Waals surface area (Å²) in [7, 11) is -4.22. The molecule has 6 nitrogen and oxygen atoms in total. The summed E-state index contributed by atoms with van der Waals surface area (Å²) in [6, 6.07) is 1.12. The molecule has 0 fully saturated rings. The zero-order chi connectivity index (χ0) is 13.9. The lowest BCUT2D eigenvalue weighted by Crippen LogP contribution is -2.47. The molecule has 0 bridgehead atoms. The smallest absolute Gasteiger partial charge is 0.261 e. The van der Waals surface area contributed by atoms with Crippen LogP contribution in [0.25, 0.3) is 0 Å². The molecule has 1 aromatic rings. The van der Waals surface area contributed by atoms with Gasteiger partial charge in [0, 0.05) is 6.20 Å². The van der Waals surface area contributed by atoms with Gasteiger partial charge in [0.25, 0.3) is 10.0 Å². The summed E-state index contributed by atoms with van der Waals surface area (Å²) in [5.41, 5.74) is 5.08. The Morgan fingerprint density at radius 2 is 2.11 bits per heavy atom. The number of nitrogens with two attached hydrogens (primary N) is 1. The van der Waals surface area contributed by atoms with Crippen molar-refractivity contribution in [3.63, 3.8) is 0 Å². The Kier molecular flexibility index (Phi) is 4.36. The van der Waals surface area contributed by atoms with Crippen molar-refractivity contribution in [3.05, 3.63) is 24.1 Å². The third-order valence-corrected chi connectivity index (χ3v) is 3.61.